The fraction of sp³-hybridized carbons (Fsp3) is 0.400. The van der Waals surface area contributed by atoms with Crippen molar-refractivity contribution < 1.29 is 14.3 Å². The maximum absolute atomic E-state index is 12.8. The second kappa shape index (κ2) is 7.23. The number of rotatable bonds is 3. The highest BCUT2D eigenvalue weighted by molar-refractivity contribution is 5.95. The van der Waals surface area contributed by atoms with Gasteiger partial charge in [-0.05, 0) is 48.2 Å². The van der Waals surface area contributed by atoms with Crippen LogP contribution >= 0.6 is 0 Å². The minimum Gasteiger partial charge on any atom is -0.493 e. The molecule has 1 saturated heterocycles. The van der Waals surface area contributed by atoms with Crippen LogP contribution in [0.25, 0.3) is 0 Å². The van der Waals surface area contributed by atoms with Gasteiger partial charge in [-0.15, -0.1) is 0 Å². The van der Waals surface area contributed by atoms with E-state index in [4.69, 9.17) is 4.74 Å². The molecule has 2 aliphatic heterocycles. The van der Waals surface area contributed by atoms with Crippen LogP contribution in [0.3, 0.4) is 0 Å². The quantitative estimate of drug-likeness (QED) is 0.916. The first-order valence-corrected chi connectivity index (χ1v) is 9.15. The smallest absolute Gasteiger partial charge is 0.253 e. The van der Waals surface area contributed by atoms with Crippen molar-refractivity contribution in [3.05, 3.63) is 53.3 Å². The highest BCUT2D eigenvalue weighted by Gasteiger charge is 2.25. The molecular weight excluding hydrogens is 330 g/mol. The molecular formula is C20H23N3O3. The predicted octanol–water partition coefficient (Wildman–Crippen LogP) is 1.87. The average molecular weight is 353 g/mol. The van der Waals surface area contributed by atoms with Crippen LogP contribution in [0.2, 0.25) is 0 Å². The molecule has 0 saturated carbocycles. The molecule has 136 valence electrons. The summed E-state index contributed by atoms with van der Waals surface area (Å²) in [5, 5.41) is 0. The minimum absolute atomic E-state index is 0.0381. The molecule has 6 nitrogen and oxygen atoms in total. The van der Waals surface area contributed by atoms with Crippen LogP contribution in [0, 0.1) is 0 Å². The summed E-state index contributed by atoms with van der Waals surface area (Å²) in [4.78, 5) is 31.8. The fourth-order valence-corrected chi connectivity index (χ4v) is 3.59. The van der Waals surface area contributed by atoms with Gasteiger partial charge in [0.05, 0.1) is 13.0 Å². The van der Waals surface area contributed by atoms with E-state index >= 15 is 0 Å². The molecule has 0 atom stereocenters. The van der Waals surface area contributed by atoms with Gasteiger partial charge >= 0.3 is 0 Å². The van der Waals surface area contributed by atoms with Gasteiger partial charge in [0.15, 0.2) is 0 Å². The molecule has 0 unspecified atom stereocenters. The van der Waals surface area contributed by atoms with Crippen LogP contribution in [-0.2, 0) is 17.6 Å². The molecule has 0 bridgehead atoms. The largest absolute Gasteiger partial charge is 0.493 e. The van der Waals surface area contributed by atoms with E-state index in [9.17, 15) is 9.59 Å². The Balaban J connectivity index is 1.35. The van der Waals surface area contributed by atoms with Crippen LogP contribution in [-0.4, -0.2) is 59.4 Å². The number of aromatic amines is 1. The van der Waals surface area contributed by atoms with E-state index in [2.05, 4.69) is 4.98 Å². The van der Waals surface area contributed by atoms with Gasteiger partial charge in [0, 0.05) is 44.1 Å². The lowest BCUT2D eigenvalue weighted by Crippen LogP contribution is -2.51. The Labute approximate surface area is 152 Å². The van der Waals surface area contributed by atoms with E-state index in [0.29, 0.717) is 38.2 Å². The summed E-state index contributed by atoms with van der Waals surface area (Å²) in [6.07, 6.45) is 6.02. The van der Waals surface area contributed by atoms with Crippen LogP contribution in [0.5, 0.6) is 5.75 Å². The molecule has 0 radical (unpaired) electrons. The zero-order valence-corrected chi connectivity index (χ0v) is 14.7. The number of hydrogen-bond acceptors (Lipinski definition) is 3. The molecule has 2 aliphatic rings. The average Bonchev–Trinajstić information content (AvgIpc) is 3.20. The Morgan fingerprint density at radius 3 is 2.65 bits per heavy atom. The van der Waals surface area contributed by atoms with Gasteiger partial charge in [0.2, 0.25) is 5.91 Å². The molecule has 6 heteroatoms. The monoisotopic (exact) mass is 353 g/mol. The van der Waals surface area contributed by atoms with Gasteiger partial charge in [-0.25, -0.2) is 0 Å². The lowest BCUT2D eigenvalue weighted by Gasteiger charge is -2.35. The Morgan fingerprint density at radius 2 is 1.88 bits per heavy atom. The maximum Gasteiger partial charge on any atom is 0.253 e. The number of ether oxygens (including phenoxy) is 1. The van der Waals surface area contributed by atoms with E-state index in [1.54, 1.807) is 0 Å². The molecule has 3 heterocycles. The molecule has 26 heavy (non-hydrogen) atoms. The summed E-state index contributed by atoms with van der Waals surface area (Å²) in [7, 11) is 0. The van der Waals surface area contributed by atoms with Crippen molar-refractivity contribution in [2.24, 2.45) is 0 Å². The Kier molecular flexibility index (Phi) is 4.65. The molecule has 0 aliphatic carbocycles. The van der Waals surface area contributed by atoms with Gasteiger partial charge in [-0.2, -0.15) is 0 Å². The molecule has 1 aromatic carbocycles. The summed E-state index contributed by atoms with van der Waals surface area (Å²) in [5.41, 5.74) is 2.81. The SMILES string of the molecule is O=C(Cc1cc[nH]c1)N1CCN(C(=O)c2ccc3c(c2)CCCO3)CC1. The second-order valence-corrected chi connectivity index (χ2v) is 6.84. The first-order chi connectivity index (χ1) is 12.7. The number of piperazine rings is 1. The third-order valence-corrected chi connectivity index (χ3v) is 5.09. The number of fused-ring (bicyclic) bond motifs is 1. The van der Waals surface area contributed by atoms with Crippen molar-refractivity contribution in [3.8, 4) is 5.75 Å². The zero-order chi connectivity index (χ0) is 17.9. The van der Waals surface area contributed by atoms with Crippen molar-refractivity contribution in [1.82, 2.24) is 14.8 Å². The first-order valence-electron chi connectivity index (χ1n) is 9.15. The molecule has 1 fully saturated rings. The van der Waals surface area contributed by atoms with Crippen molar-refractivity contribution in [2.75, 3.05) is 32.8 Å². The Morgan fingerprint density at radius 1 is 1.08 bits per heavy atom. The lowest BCUT2D eigenvalue weighted by atomic mass is 10.0. The highest BCUT2D eigenvalue weighted by Crippen LogP contribution is 2.26. The third-order valence-electron chi connectivity index (χ3n) is 5.09. The number of nitrogens with zero attached hydrogens (tertiary/aromatic N) is 2. The number of nitrogens with one attached hydrogen (secondary N) is 1. The van der Waals surface area contributed by atoms with Crippen LogP contribution in [0.1, 0.15) is 27.9 Å². The summed E-state index contributed by atoms with van der Waals surface area (Å²) in [5.74, 6) is 1.05. The summed E-state index contributed by atoms with van der Waals surface area (Å²) in [6, 6.07) is 7.62. The van der Waals surface area contributed by atoms with E-state index in [0.717, 1.165) is 36.3 Å². The number of hydrogen-bond donors (Lipinski definition) is 1. The van der Waals surface area contributed by atoms with Crippen molar-refractivity contribution >= 4 is 11.8 Å². The van der Waals surface area contributed by atoms with Gasteiger partial charge in [0.25, 0.3) is 5.91 Å². The summed E-state index contributed by atoms with van der Waals surface area (Å²) in [6.45, 7) is 3.07. The number of aromatic nitrogens is 1. The number of carbonyl (C=O) groups excluding carboxylic acids is 2. The van der Waals surface area contributed by atoms with Gasteiger partial charge in [-0.3, -0.25) is 9.59 Å². The summed E-state index contributed by atoms with van der Waals surface area (Å²) < 4.78 is 5.62. The molecule has 0 spiro atoms. The lowest BCUT2D eigenvalue weighted by molar-refractivity contribution is -0.131. The topological polar surface area (TPSA) is 65.6 Å². The Hall–Kier alpha value is -2.76. The molecule has 2 aromatic rings. The number of benzene rings is 1. The Bertz CT molecular complexity index is 793. The normalized spacial score (nSPS) is 16.8. The number of aryl methyl sites for hydroxylation is 1. The van der Waals surface area contributed by atoms with E-state index < -0.39 is 0 Å². The minimum atomic E-state index is 0.0381. The fourth-order valence-electron chi connectivity index (χ4n) is 3.59. The van der Waals surface area contributed by atoms with Crippen molar-refractivity contribution in [2.45, 2.75) is 19.3 Å². The molecule has 2 amide bonds. The highest BCUT2D eigenvalue weighted by atomic mass is 16.5. The standard InChI is InChI=1S/C20H23N3O3/c24-19(12-15-5-6-21-14-15)22-7-9-23(10-8-22)20(25)17-3-4-18-16(13-17)2-1-11-26-18/h3-6,13-14,21H,1-2,7-12H2. The molecule has 4 rings (SSSR count). The number of carbonyl (C=O) groups is 2. The molecule has 1 N–H and O–H groups in total. The maximum atomic E-state index is 12.8. The first kappa shape index (κ1) is 16.7. The van der Waals surface area contributed by atoms with Gasteiger partial charge in [-0.1, -0.05) is 0 Å². The summed E-state index contributed by atoms with van der Waals surface area (Å²) >= 11 is 0. The van der Waals surface area contributed by atoms with Crippen LogP contribution in [0.15, 0.2) is 36.7 Å². The van der Waals surface area contributed by atoms with E-state index in [1.807, 2.05) is 46.5 Å². The predicted molar refractivity (Wildman–Crippen MR) is 97.2 cm³/mol. The zero-order valence-electron chi connectivity index (χ0n) is 14.7. The van der Waals surface area contributed by atoms with E-state index in [1.165, 1.54) is 0 Å². The number of H-pyrrole nitrogens is 1. The second-order valence-electron chi connectivity index (χ2n) is 6.84. The number of amides is 2. The van der Waals surface area contributed by atoms with Crippen molar-refractivity contribution in [1.29, 1.82) is 0 Å². The van der Waals surface area contributed by atoms with Gasteiger partial charge in [0.1, 0.15) is 5.75 Å². The van der Waals surface area contributed by atoms with Crippen LogP contribution < -0.4 is 4.74 Å². The third kappa shape index (κ3) is 3.45. The van der Waals surface area contributed by atoms with E-state index in [-0.39, 0.29) is 11.8 Å². The van der Waals surface area contributed by atoms with Gasteiger partial charge < -0.3 is 19.5 Å². The van der Waals surface area contributed by atoms with Crippen LogP contribution in [0.4, 0.5) is 0 Å². The van der Waals surface area contributed by atoms with Crippen molar-refractivity contribution in [3.63, 3.8) is 0 Å². The molecule has 1 aromatic heterocycles.